The highest BCUT2D eigenvalue weighted by Crippen LogP contribution is 2.22. The molecule has 0 bridgehead atoms. The Morgan fingerprint density at radius 1 is 1.44 bits per heavy atom. The van der Waals surface area contributed by atoms with Crippen molar-refractivity contribution in [1.29, 1.82) is 0 Å². The highest BCUT2D eigenvalue weighted by molar-refractivity contribution is 9.10. The van der Waals surface area contributed by atoms with Crippen molar-refractivity contribution in [2.75, 3.05) is 23.9 Å². The molecule has 1 atom stereocenters. The second kappa shape index (κ2) is 7.98. The van der Waals surface area contributed by atoms with Crippen LogP contribution >= 0.6 is 27.7 Å². The van der Waals surface area contributed by atoms with Crippen molar-refractivity contribution in [3.05, 3.63) is 28.7 Å². The van der Waals surface area contributed by atoms with Crippen LogP contribution in [0.5, 0.6) is 0 Å². The molecule has 0 aromatic heterocycles. The molecule has 0 heterocycles. The van der Waals surface area contributed by atoms with E-state index >= 15 is 0 Å². The third-order valence-electron chi connectivity index (χ3n) is 2.42. The molecule has 0 aliphatic rings. The molecule has 1 aromatic carbocycles. The van der Waals surface area contributed by atoms with Gasteiger partial charge in [-0.15, -0.1) is 0 Å². The smallest absolute Gasteiger partial charge is 0.0487 e. The Hall–Kier alpha value is -0.190. The Labute approximate surface area is 111 Å². The van der Waals surface area contributed by atoms with Crippen LogP contribution < -0.4 is 11.1 Å². The first-order chi connectivity index (χ1) is 7.77. The summed E-state index contributed by atoms with van der Waals surface area (Å²) in [6, 6.07) is 8.52. The summed E-state index contributed by atoms with van der Waals surface area (Å²) in [4.78, 5) is 0. The number of benzene rings is 1. The summed E-state index contributed by atoms with van der Waals surface area (Å²) in [7, 11) is 0. The number of hydrogen-bond donors (Lipinski definition) is 2. The van der Waals surface area contributed by atoms with Crippen molar-refractivity contribution in [2.24, 2.45) is 5.73 Å². The van der Waals surface area contributed by atoms with Crippen molar-refractivity contribution >= 4 is 33.4 Å². The van der Waals surface area contributed by atoms with Gasteiger partial charge in [0.2, 0.25) is 0 Å². The van der Waals surface area contributed by atoms with Crippen LogP contribution in [0.2, 0.25) is 0 Å². The maximum Gasteiger partial charge on any atom is 0.0487 e. The van der Waals surface area contributed by atoms with Gasteiger partial charge in [0.25, 0.3) is 0 Å². The number of thioether (sulfide) groups is 1. The van der Waals surface area contributed by atoms with Gasteiger partial charge in [0.05, 0.1) is 0 Å². The summed E-state index contributed by atoms with van der Waals surface area (Å²) in [6.07, 6.45) is 4.47. The van der Waals surface area contributed by atoms with Crippen LogP contribution in [-0.2, 0) is 0 Å². The van der Waals surface area contributed by atoms with E-state index in [2.05, 4.69) is 33.6 Å². The van der Waals surface area contributed by atoms with Crippen LogP contribution in [-0.4, -0.2) is 24.6 Å². The minimum absolute atomic E-state index is 0.367. The van der Waals surface area contributed by atoms with E-state index in [9.17, 15) is 0 Å². The topological polar surface area (TPSA) is 38.0 Å². The molecule has 0 spiro atoms. The summed E-state index contributed by atoms with van der Waals surface area (Å²) in [5, 5.41) is 3.47. The van der Waals surface area contributed by atoms with Crippen LogP contribution in [0.3, 0.4) is 0 Å². The van der Waals surface area contributed by atoms with Crippen LogP contribution in [0.15, 0.2) is 28.7 Å². The molecule has 2 nitrogen and oxygen atoms in total. The maximum atomic E-state index is 5.77. The molecule has 90 valence electrons. The molecule has 0 aliphatic heterocycles. The lowest BCUT2D eigenvalue weighted by Gasteiger charge is -2.18. The standard InChI is InChI=1S/C12H19BrN2S/c1-16-8-4-5-10(9-14)15-12-7-3-2-6-11(12)13/h2-3,6-7,10,15H,4-5,8-9,14H2,1H3. The first kappa shape index (κ1) is 13.9. The second-order valence-corrected chi connectivity index (χ2v) is 5.53. The SMILES string of the molecule is CSCCCC(CN)Nc1ccccc1Br. The Kier molecular flexibility index (Phi) is 6.92. The van der Waals surface area contributed by atoms with E-state index in [4.69, 9.17) is 5.73 Å². The van der Waals surface area contributed by atoms with Crippen molar-refractivity contribution < 1.29 is 0 Å². The minimum Gasteiger partial charge on any atom is -0.380 e. The predicted octanol–water partition coefficient (Wildman–Crippen LogP) is 3.33. The van der Waals surface area contributed by atoms with Crippen molar-refractivity contribution in [3.8, 4) is 0 Å². The Bertz CT molecular complexity index is 307. The molecule has 1 unspecified atom stereocenters. The molecule has 4 heteroatoms. The van der Waals surface area contributed by atoms with E-state index in [1.165, 1.54) is 12.2 Å². The third-order valence-corrected chi connectivity index (χ3v) is 3.81. The molecule has 3 N–H and O–H groups in total. The lowest BCUT2D eigenvalue weighted by atomic mass is 10.1. The van der Waals surface area contributed by atoms with Crippen LogP contribution in [0.4, 0.5) is 5.69 Å². The van der Waals surface area contributed by atoms with E-state index in [-0.39, 0.29) is 0 Å². The molecular formula is C12H19BrN2S. The zero-order chi connectivity index (χ0) is 11.8. The van der Waals surface area contributed by atoms with E-state index < -0.39 is 0 Å². The molecule has 0 aliphatic carbocycles. The van der Waals surface area contributed by atoms with Gasteiger partial charge >= 0.3 is 0 Å². The third kappa shape index (κ3) is 4.76. The summed E-state index contributed by atoms with van der Waals surface area (Å²) in [5.74, 6) is 1.20. The van der Waals surface area contributed by atoms with Crippen molar-refractivity contribution in [1.82, 2.24) is 0 Å². The normalized spacial score (nSPS) is 12.4. The number of anilines is 1. The lowest BCUT2D eigenvalue weighted by Crippen LogP contribution is -2.29. The summed E-state index contributed by atoms with van der Waals surface area (Å²) >= 11 is 5.41. The summed E-state index contributed by atoms with van der Waals surface area (Å²) in [5.41, 5.74) is 6.90. The average molecular weight is 303 g/mol. The first-order valence-electron chi connectivity index (χ1n) is 5.48. The van der Waals surface area contributed by atoms with Gasteiger partial charge < -0.3 is 11.1 Å². The van der Waals surface area contributed by atoms with Crippen LogP contribution in [0, 0.1) is 0 Å². The molecule has 16 heavy (non-hydrogen) atoms. The fourth-order valence-corrected chi connectivity index (χ4v) is 2.38. The molecule has 0 fully saturated rings. The quantitative estimate of drug-likeness (QED) is 0.759. The van der Waals surface area contributed by atoms with Gasteiger partial charge in [-0.3, -0.25) is 0 Å². The largest absolute Gasteiger partial charge is 0.380 e. The Morgan fingerprint density at radius 3 is 2.81 bits per heavy atom. The fraction of sp³-hybridized carbons (Fsp3) is 0.500. The first-order valence-corrected chi connectivity index (χ1v) is 7.66. The summed E-state index contributed by atoms with van der Waals surface area (Å²) < 4.78 is 1.10. The average Bonchev–Trinajstić information content (AvgIpc) is 2.30. The number of hydrogen-bond acceptors (Lipinski definition) is 3. The lowest BCUT2D eigenvalue weighted by molar-refractivity contribution is 0.652. The number of rotatable bonds is 7. The zero-order valence-corrected chi connectivity index (χ0v) is 12.0. The fourth-order valence-electron chi connectivity index (χ4n) is 1.52. The molecule has 0 radical (unpaired) electrons. The molecule has 0 saturated heterocycles. The van der Waals surface area contributed by atoms with E-state index in [1.807, 2.05) is 30.0 Å². The van der Waals surface area contributed by atoms with Gasteiger partial charge in [-0.1, -0.05) is 12.1 Å². The number of para-hydroxylation sites is 1. The van der Waals surface area contributed by atoms with Gasteiger partial charge in [-0.25, -0.2) is 0 Å². The van der Waals surface area contributed by atoms with E-state index in [0.29, 0.717) is 12.6 Å². The van der Waals surface area contributed by atoms with Crippen molar-refractivity contribution in [2.45, 2.75) is 18.9 Å². The van der Waals surface area contributed by atoms with Gasteiger partial charge in [0.1, 0.15) is 0 Å². The van der Waals surface area contributed by atoms with E-state index in [0.717, 1.165) is 16.6 Å². The maximum absolute atomic E-state index is 5.77. The Morgan fingerprint density at radius 2 is 2.19 bits per heavy atom. The number of nitrogens with one attached hydrogen (secondary N) is 1. The molecular weight excluding hydrogens is 284 g/mol. The predicted molar refractivity (Wildman–Crippen MR) is 78.2 cm³/mol. The molecule has 0 amide bonds. The highest BCUT2D eigenvalue weighted by atomic mass is 79.9. The highest BCUT2D eigenvalue weighted by Gasteiger charge is 2.07. The summed E-state index contributed by atoms with van der Waals surface area (Å²) in [6.45, 7) is 0.676. The number of halogens is 1. The molecule has 1 aromatic rings. The van der Waals surface area contributed by atoms with E-state index in [1.54, 1.807) is 0 Å². The van der Waals surface area contributed by atoms with Gasteiger partial charge in [-0.2, -0.15) is 11.8 Å². The van der Waals surface area contributed by atoms with Crippen LogP contribution in [0.1, 0.15) is 12.8 Å². The monoisotopic (exact) mass is 302 g/mol. The van der Waals surface area contributed by atoms with Gasteiger partial charge in [0.15, 0.2) is 0 Å². The zero-order valence-electron chi connectivity index (χ0n) is 9.58. The van der Waals surface area contributed by atoms with Gasteiger partial charge in [0, 0.05) is 22.7 Å². The van der Waals surface area contributed by atoms with Crippen molar-refractivity contribution in [3.63, 3.8) is 0 Å². The molecule has 1 rings (SSSR count). The van der Waals surface area contributed by atoms with Crippen LogP contribution in [0.25, 0.3) is 0 Å². The minimum atomic E-state index is 0.367. The van der Waals surface area contributed by atoms with Gasteiger partial charge in [-0.05, 0) is 52.9 Å². The molecule has 0 saturated carbocycles. The number of nitrogens with two attached hydrogens (primary N) is 1. The second-order valence-electron chi connectivity index (χ2n) is 3.69. The Balaban J connectivity index is 2.46.